The number of carbonyl (C=O) groups excluding carboxylic acids is 2. The van der Waals surface area contributed by atoms with E-state index in [0.717, 1.165) is 32.5 Å². The van der Waals surface area contributed by atoms with Gasteiger partial charge in [-0.1, -0.05) is 30.9 Å². The maximum Gasteiger partial charge on any atom is 0.313 e. The molecule has 2 aliphatic rings. The molecule has 0 radical (unpaired) electrons. The van der Waals surface area contributed by atoms with Gasteiger partial charge in [0, 0.05) is 41.9 Å². The second-order valence-electron chi connectivity index (χ2n) is 8.00. The lowest BCUT2D eigenvalue weighted by molar-refractivity contribution is -0.137. The van der Waals surface area contributed by atoms with Crippen LogP contribution in [0.25, 0.3) is 0 Å². The molecule has 0 bridgehead atoms. The van der Waals surface area contributed by atoms with Gasteiger partial charge < -0.3 is 16.0 Å². The second kappa shape index (κ2) is 9.72. The van der Waals surface area contributed by atoms with Crippen molar-refractivity contribution < 1.29 is 9.59 Å². The summed E-state index contributed by atoms with van der Waals surface area (Å²) in [5.74, 6) is -1.19. The number of piperidine rings is 1. The average Bonchev–Trinajstić information content (AvgIpc) is 2.70. The predicted octanol–water partition coefficient (Wildman–Crippen LogP) is 2.78. The summed E-state index contributed by atoms with van der Waals surface area (Å²) in [5.41, 5.74) is 0.730. The molecule has 2 amide bonds. The first kappa shape index (κ1) is 21.1. The number of halogens is 1. The van der Waals surface area contributed by atoms with Crippen LogP contribution in [0.2, 0.25) is 5.02 Å². The van der Waals surface area contributed by atoms with Crippen molar-refractivity contribution in [3.05, 3.63) is 29.3 Å². The highest BCUT2D eigenvalue weighted by atomic mass is 35.5. The number of likely N-dealkylation sites (N-methyl/N-ethyl adjacent to an activating group) is 1. The Balaban J connectivity index is 1.58. The molecule has 1 unspecified atom stereocenters. The van der Waals surface area contributed by atoms with Crippen molar-refractivity contribution in [3.63, 3.8) is 0 Å². The minimum Gasteiger partial charge on any atom is -0.345 e. The fourth-order valence-electron chi connectivity index (χ4n) is 4.66. The van der Waals surface area contributed by atoms with Crippen LogP contribution < -0.4 is 16.0 Å². The first-order chi connectivity index (χ1) is 13.5. The van der Waals surface area contributed by atoms with Gasteiger partial charge in [-0.3, -0.25) is 14.5 Å². The number of nitrogens with zero attached hydrogens (tertiary/aromatic N) is 1. The van der Waals surface area contributed by atoms with Gasteiger partial charge in [-0.25, -0.2) is 0 Å². The Morgan fingerprint density at radius 3 is 2.54 bits per heavy atom. The normalized spacial score (nSPS) is 22.0. The third-order valence-electron chi connectivity index (χ3n) is 6.10. The molecule has 1 heterocycles. The summed E-state index contributed by atoms with van der Waals surface area (Å²) < 4.78 is 0. The standard InChI is InChI=1S/C21H31ClN4O2/c1-23-12-14-26-13-9-18(15-21(26)10-3-2-4-11-21)25-20(28)19(27)24-17-7-5-16(22)6-8-17/h5-8,18,23H,2-4,9-15H2,1H3,(H,24,27)(H,25,28). The van der Waals surface area contributed by atoms with Gasteiger partial charge in [-0.05, 0) is 57.0 Å². The van der Waals surface area contributed by atoms with E-state index in [1.807, 2.05) is 7.05 Å². The van der Waals surface area contributed by atoms with Crippen LogP contribution in [-0.4, -0.2) is 55.0 Å². The van der Waals surface area contributed by atoms with Crippen LogP contribution in [-0.2, 0) is 9.59 Å². The molecular weight excluding hydrogens is 376 g/mol. The van der Waals surface area contributed by atoms with E-state index in [4.69, 9.17) is 11.6 Å². The number of benzene rings is 1. The highest BCUT2D eigenvalue weighted by molar-refractivity contribution is 6.39. The Morgan fingerprint density at radius 1 is 1.14 bits per heavy atom. The first-order valence-corrected chi connectivity index (χ1v) is 10.7. The van der Waals surface area contributed by atoms with Crippen molar-refractivity contribution in [1.29, 1.82) is 0 Å². The Bertz CT molecular complexity index is 673. The largest absolute Gasteiger partial charge is 0.345 e. The first-order valence-electron chi connectivity index (χ1n) is 10.3. The van der Waals surface area contributed by atoms with E-state index in [-0.39, 0.29) is 11.6 Å². The molecule has 1 aromatic rings. The molecule has 6 nitrogen and oxygen atoms in total. The van der Waals surface area contributed by atoms with Gasteiger partial charge in [0.05, 0.1) is 0 Å². The number of nitrogens with one attached hydrogen (secondary N) is 3. The Kier molecular flexibility index (Phi) is 7.32. The van der Waals surface area contributed by atoms with Crippen molar-refractivity contribution in [2.75, 3.05) is 32.0 Å². The van der Waals surface area contributed by atoms with Gasteiger partial charge in [0.1, 0.15) is 0 Å². The zero-order valence-corrected chi connectivity index (χ0v) is 17.4. The quantitative estimate of drug-likeness (QED) is 0.657. The van der Waals surface area contributed by atoms with Crippen LogP contribution in [0.3, 0.4) is 0 Å². The van der Waals surface area contributed by atoms with Crippen molar-refractivity contribution >= 4 is 29.1 Å². The van der Waals surface area contributed by atoms with Crippen molar-refractivity contribution in [2.45, 2.75) is 56.5 Å². The molecule has 1 aromatic carbocycles. The van der Waals surface area contributed by atoms with Gasteiger partial charge in [0.2, 0.25) is 0 Å². The van der Waals surface area contributed by atoms with E-state index in [9.17, 15) is 9.59 Å². The van der Waals surface area contributed by atoms with Crippen LogP contribution in [0.4, 0.5) is 5.69 Å². The van der Waals surface area contributed by atoms with E-state index < -0.39 is 11.8 Å². The molecule has 1 saturated heterocycles. The van der Waals surface area contributed by atoms with Gasteiger partial charge >= 0.3 is 11.8 Å². The highest BCUT2D eigenvalue weighted by Crippen LogP contribution is 2.40. The Morgan fingerprint density at radius 2 is 1.86 bits per heavy atom. The summed E-state index contributed by atoms with van der Waals surface area (Å²) in [7, 11) is 1.99. The molecule has 1 aliphatic heterocycles. The lowest BCUT2D eigenvalue weighted by Gasteiger charge is -2.52. The molecule has 28 heavy (non-hydrogen) atoms. The second-order valence-corrected chi connectivity index (χ2v) is 8.44. The van der Waals surface area contributed by atoms with Crippen molar-refractivity contribution in [2.24, 2.45) is 0 Å². The van der Waals surface area contributed by atoms with E-state index in [2.05, 4.69) is 20.9 Å². The maximum atomic E-state index is 12.4. The molecule has 1 spiro atoms. The summed E-state index contributed by atoms with van der Waals surface area (Å²) in [4.78, 5) is 27.3. The van der Waals surface area contributed by atoms with Crippen LogP contribution in [0.5, 0.6) is 0 Å². The third kappa shape index (κ3) is 5.25. The summed E-state index contributed by atoms with van der Waals surface area (Å²) >= 11 is 5.85. The van der Waals surface area contributed by atoms with Crippen LogP contribution in [0.15, 0.2) is 24.3 Å². The molecule has 1 atom stereocenters. The summed E-state index contributed by atoms with van der Waals surface area (Å²) in [6, 6.07) is 6.79. The number of anilines is 1. The Hall–Kier alpha value is -1.63. The van der Waals surface area contributed by atoms with Crippen LogP contribution in [0.1, 0.15) is 44.9 Å². The molecular formula is C21H31ClN4O2. The molecule has 1 saturated carbocycles. The molecule has 2 fully saturated rings. The molecule has 3 N–H and O–H groups in total. The zero-order chi connectivity index (χ0) is 20.0. The van der Waals surface area contributed by atoms with Gasteiger partial charge in [0.15, 0.2) is 0 Å². The highest BCUT2D eigenvalue weighted by Gasteiger charge is 2.43. The minimum absolute atomic E-state index is 0.0485. The summed E-state index contributed by atoms with van der Waals surface area (Å²) in [5, 5.41) is 9.45. The van der Waals surface area contributed by atoms with E-state index >= 15 is 0 Å². The van der Waals surface area contributed by atoms with E-state index in [0.29, 0.717) is 10.7 Å². The molecule has 154 valence electrons. The van der Waals surface area contributed by atoms with E-state index in [1.54, 1.807) is 24.3 Å². The third-order valence-corrected chi connectivity index (χ3v) is 6.36. The minimum atomic E-state index is -0.627. The lowest BCUT2D eigenvalue weighted by atomic mass is 9.73. The summed E-state index contributed by atoms with van der Waals surface area (Å²) in [6.45, 7) is 2.97. The SMILES string of the molecule is CNCCN1CCC(NC(=O)C(=O)Nc2ccc(Cl)cc2)CC12CCCCC2. The topological polar surface area (TPSA) is 73.5 Å². The zero-order valence-electron chi connectivity index (χ0n) is 16.6. The lowest BCUT2D eigenvalue weighted by Crippen LogP contribution is -2.60. The molecule has 0 aromatic heterocycles. The summed E-state index contributed by atoms with van der Waals surface area (Å²) in [6.07, 6.45) is 7.95. The van der Waals surface area contributed by atoms with Gasteiger partial charge in [0.25, 0.3) is 0 Å². The Labute approximate surface area is 172 Å². The number of hydrogen-bond donors (Lipinski definition) is 3. The van der Waals surface area contributed by atoms with Crippen LogP contribution >= 0.6 is 11.6 Å². The number of likely N-dealkylation sites (tertiary alicyclic amines) is 1. The number of carbonyl (C=O) groups is 2. The fourth-order valence-corrected chi connectivity index (χ4v) is 4.79. The van der Waals surface area contributed by atoms with Gasteiger partial charge in [-0.15, -0.1) is 0 Å². The van der Waals surface area contributed by atoms with Crippen molar-refractivity contribution in [1.82, 2.24) is 15.5 Å². The predicted molar refractivity (Wildman–Crippen MR) is 113 cm³/mol. The number of rotatable bonds is 5. The molecule has 7 heteroatoms. The fraction of sp³-hybridized carbons (Fsp3) is 0.619. The van der Waals surface area contributed by atoms with Gasteiger partial charge in [-0.2, -0.15) is 0 Å². The smallest absolute Gasteiger partial charge is 0.313 e. The van der Waals surface area contributed by atoms with E-state index in [1.165, 1.54) is 32.1 Å². The molecule has 1 aliphatic carbocycles. The number of hydrogen-bond acceptors (Lipinski definition) is 4. The number of amides is 2. The monoisotopic (exact) mass is 406 g/mol. The van der Waals surface area contributed by atoms with Crippen molar-refractivity contribution in [3.8, 4) is 0 Å². The average molecular weight is 407 g/mol. The molecule has 3 rings (SSSR count). The maximum absolute atomic E-state index is 12.4. The van der Waals surface area contributed by atoms with Crippen LogP contribution in [0, 0.1) is 0 Å².